The average molecular weight is 732 g/mol. The van der Waals surface area contributed by atoms with Crippen molar-refractivity contribution in [2.75, 3.05) is 50.7 Å². The van der Waals surface area contributed by atoms with Crippen molar-refractivity contribution in [1.82, 2.24) is 4.90 Å². The van der Waals surface area contributed by atoms with E-state index in [4.69, 9.17) is 14.2 Å². The zero-order valence-corrected chi connectivity index (χ0v) is 32.4. The fraction of sp³-hybridized carbons (Fsp3) is 0.333. The van der Waals surface area contributed by atoms with Crippen LogP contribution in [0.2, 0.25) is 0 Å². The van der Waals surface area contributed by atoms with E-state index in [9.17, 15) is 14.7 Å². The molecular weight excluding hydrogens is 679 g/mol. The molecule has 9 heteroatoms. The van der Waals surface area contributed by atoms with Gasteiger partial charge in [0.1, 0.15) is 30.2 Å². The Labute approximate surface area is 319 Å². The Morgan fingerprint density at radius 2 is 1.20 bits per heavy atom. The number of carbonyl (C=O) groups is 2. The SMILES string of the molecule is COc1ccc(CN(CC(=O)OC(C)(C)C)c2cc(CCCN(C)Cc3ccccc3)c(N(CC(=O)O)Cc3ccc(OC)cc3)c3ccccc23)cc1. The topological polar surface area (TPSA) is 91.8 Å². The molecule has 0 spiro atoms. The van der Waals surface area contributed by atoms with Crippen LogP contribution in [0.5, 0.6) is 11.5 Å². The summed E-state index contributed by atoms with van der Waals surface area (Å²) in [6, 6.07) is 36.2. The lowest BCUT2D eigenvalue weighted by atomic mass is 9.96. The van der Waals surface area contributed by atoms with Gasteiger partial charge in [-0.1, -0.05) is 78.9 Å². The maximum atomic E-state index is 13.5. The molecular formula is C45H53N3O6. The average Bonchev–Trinajstić information content (AvgIpc) is 3.14. The van der Waals surface area contributed by atoms with Crippen molar-refractivity contribution in [3.8, 4) is 11.5 Å². The Hall–Kier alpha value is -5.54. The number of benzene rings is 5. The Kier molecular flexibility index (Phi) is 13.6. The maximum absolute atomic E-state index is 13.5. The van der Waals surface area contributed by atoms with Crippen LogP contribution in [0.3, 0.4) is 0 Å². The summed E-state index contributed by atoms with van der Waals surface area (Å²) in [5.41, 5.74) is 5.33. The van der Waals surface area contributed by atoms with Crippen molar-refractivity contribution >= 4 is 34.1 Å². The van der Waals surface area contributed by atoms with Crippen LogP contribution >= 0.6 is 0 Å². The van der Waals surface area contributed by atoms with Gasteiger partial charge in [-0.25, -0.2) is 0 Å². The lowest BCUT2D eigenvalue weighted by Crippen LogP contribution is -2.35. The van der Waals surface area contributed by atoms with Gasteiger partial charge in [0.2, 0.25) is 0 Å². The van der Waals surface area contributed by atoms with E-state index in [1.54, 1.807) is 14.2 Å². The van der Waals surface area contributed by atoms with Crippen molar-refractivity contribution in [1.29, 1.82) is 0 Å². The minimum atomic E-state index is -0.920. The molecule has 54 heavy (non-hydrogen) atoms. The van der Waals surface area contributed by atoms with Gasteiger partial charge in [-0.2, -0.15) is 0 Å². The van der Waals surface area contributed by atoms with Crippen molar-refractivity contribution in [2.45, 2.75) is 58.8 Å². The van der Waals surface area contributed by atoms with E-state index in [2.05, 4.69) is 53.2 Å². The minimum Gasteiger partial charge on any atom is -0.497 e. The van der Waals surface area contributed by atoms with Crippen LogP contribution in [-0.4, -0.2) is 68.4 Å². The fourth-order valence-electron chi connectivity index (χ4n) is 6.77. The number of nitrogens with zero attached hydrogens (tertiary/aromatic N) is 3. The zero-order chi connectivity index (χ0) is 38.7. The predicted octanol–water partition coefficient (Wildman–Crippen LogP) is 8.36. The molecule has 0 radical (unpaired) electrons. The highest BCUT2D eigenvalue weighted by Crippen LogP contribution is 2.40. The highest BCUT2D eigenvalue weighted by atomic mass is 16.6. The molecule has 5 aromatic carbocycles. The number of fused-ring (bicyclic) bond motifs is 1. The lowest BCUT2D eigenvalue weighted by molar-refractivity contribution is -0.153. The van der Waals surface area contributed by atoms with E-state index in [-0.39, 0.29) is 19.1 Å². The van der Waals surface area contributed by atoms with E-state index in [0.29, 0.717) is 19.5 Å². The van der Waals surface area contributed by atoms with E-state index >= 15 is 0 Å². The molecule has 284 valence electrons. The van der Waals surface area contributed by atoms with E-state index in [0.717, 1.165) is 69.8 Å². The lowest BCUT2D eigenvalue weighted by Gasteiger charge is -2.32. The van der Waals surface area contributed by atoms with Crippen molar-refractivity contribution < 1.29 is 28.9 Å². The highest BCUT2D eigenvalue weighted by molar-refractivity contribution is 6.05. The van der Waals surface area contributed by atoms with Crippen LogP contribution in [0.15, 0.2) is 109 Å². The monoisotopic (exact) mass is 731 g/mol. The Morgan fingerprint density at radius 1 is 0.667 bits per heavy atom. The number of anilines is 2. The van der Waals surface area contributed by atoms with Gasteiger partial charge < -0.3 is 34.0 Å². The number of esters is 1. The zero-order valence-electron chi connectivity index (χ0n) is 32.4. The minimum absolute atomic E-state index is 0.0244. The molecule has 0 aromatic heterocycles. The molecule has 1 N–H and O–H groups in total. The quantitative estimate of drug-likeness (QED) is 0.0893. The van der Waals surface area contributed by atoms with Gasteiger partial charge in [0.15, 0.2) is 0 Å². The third-order valence-electron chi connectivity index (χ3n) is 9.14. The highest BCUT2D eigenvalue weighted by Gasteiger charge is 2.25. The van der Waals surface area contributed by atoms with E-state index < -0.39 is 11.6 Å². The summed E-state index contributed by atoms with van der Waals surface area (Å²) >= 11 is 0. The van der Waals surface area contributed by atoms with Gasteiger partial charge in [0.25, 0.3) is 0 Å². The molecule has 5 aromatic rings. The fourth-order valence-corrected chi connectivity index (χ4v) is 6.77. The number of aryl methyl sites for hydroxylation is 1. The molecule has 0 aliphatic rings. The Morgan fingerprint density at radius 3 is 1.76 bits per heavy atom. The Balaban J connectivity index is 1.61. The van der Waals surface area contributed by atoms with Gasteiger partial charge >= 0.3 is 11.9 Å². The summed E-state index contributed by atoms with van der Waals surface area (Å²) in [6.07, 6.45) is 1.52. The standard InChI is InChI=1S/C45H53N3O6/c1-45(2,3)54-43(51)32-47(29-34-18-22-37(52-5)23-19-34)41-27-36(15-12-26-46(4)28-33-13-8-7-9-14-33)44(40-17-11-10-16-39(40)41)48(31-42(49)50)30-35-20-24-38(53-6)25-21-35/h7-11,13-14,16-25,27H,12,15,26,28-32H2,1-6H3,(H,49,50). The first kappa shape index (κ1) is 39.7. The predicted molar refractivity (Wildman–Crippen MR) is 217 cm³/mol. The second kappa shape index (κ2) is 18.5. The molecule has 0 aliphatic carbocycles. The van der Waals surface area contributed by atoms with Crippen molar-refractivity contribution in [2.24, 2.45) is 0 Å². The van der Waals surface area contributed by atoms with Crippen LogP contribution in [-0.2, 0) is 40.4 Å². The molecule has 0 saturated heterocycles. The number of methoxy groups -OCH3 is 2. The number of carbonyl (C=O) groups excluding carboxylic acids is 1. The van der Waals surface area contributed by atoms with Crippen molar-refractivity contribution in [3.05, 3.63) is 131 Å². The first-order valence-corrected chi connectivity index (χ1v) is 18.4. The van der Waals surface area contributed by atoms with E-state index in [1.807, 2.05) is 98.5 Å². The summed E-state index contributed by atoms with van der Waals surface area (Å²) in [7, 11) is 5.39. The number of hydrogen-bond donors (Lipinski definition) is 1. The number of carboxylic acids is 1. The van der Waals surface area contributed by atoms with Crippen molar-refractivity contribution in [3.63, 3.8) is 0 Å². The molecule has 0 aliphatic heterocycles. The van der Waals surface area contributed by atoms with Crippen LogP contribution in [0.1, 0.15) is 49.4 Å². The summed E-state index contributed by atoms with van der Waals surface area (Å²) in [5, 5.41) is 12.1. The van der Waals surface area contributed by atoms with Crippen LogP contribution < -0.4 is 19.3 Å². The number of aliphatic carboxylic acids is 1. The summed E-state index contributed by atoms with van der Waals surface area (Å²) in [6.45, 7) is 7.93. The van der Waals surface area contributed by atoms with Crippen LogP contribution in [0.25, 0.3) is 10.8 Å². The maximum Gasteiger partial charge on any atom is 0.326 e. The van der Waals surface area contributed by atoms with Gasteiger partial charge in [-0.05, 0) is 99.8 Å². The molecule has 0 saturated carbocycles. The Bertz CT molecular complexity index is 1970. The number of rotatable bonds is 18. The van der Waals surface area contributed by atoms with Gasteiger partial charge in [-0.3, -0.25) is 9.59 Å². The summed E-state index contributed by atoms with van der Waals surface area (Å²) < 4.78 is 16.6. The molecule has 0 unspecified atom stereocenters. The molecule has 0 amide bonds. The summed E-state index contributed by atoms with van der Waals surface area (Å²) in [4.78, 5) is 32.4. The summed E-state index contributed by atoms with van der Waals surface area (Å²) in [5.74, 6) is 0.235. The molecule has 9 nitrogen and oxygen atoms in total. The molecule has 0 bridgehead atoms. The molecule has 0 heterocycles. The molecule has 0 fully saturated rings. The van der Waals surface area contributed by atoms with Gasteiger partial charge in [-0.15, -0.1) is 0 Å². The largest absolute Gasteiger partial charge is 0.497 e. The van der Waals surface area contributed by atoms with E-state index in [1.165, 1.54) is 5.56 Å². The third kappa shape index (κ3) is 11.2. The second-order valence-electron chi connectivity index (χ2n) is 14.7. The third-order valence-corrected chi connectivity index (χ3v) is 9.14. The van der Waals surface area contributed by atoms with Gasteiger partial charge in [0.05, 0.1) is 14.2 Å². The number of carboxylic acid groups (broad SMARTS) is 1. The normalized spacial score (nSPS) is 11.4. The molecule has 5 rings (SSSR count). The number of hydrogen-bond acceptors (Lipinski definition) is 8. The van der Waals surface area contributed by atoms with Crippen LogP contribution in [0, 0.1) is 0 Å². The second-order valence-corrected chi connectivity index (χ2v) is 14.7. The first-order valence-electron chi connectivity index (χ1n) is 18.4. The van der Waals surface area contributed by atoms with Gasteiger partial charge in [0, 0.05) is 41.8 Å². The first-order chi connectivity index (χ1) is 25.9. The number of ether oxygens (including phenoxy) is 3. The molecule has 0 atom stereocenters. The van der Waals surface area contributed by atoms with Crippen LogP contribution in [0.4, 0.5) is 11.4 Å². The smallest absolute Gasteiger partial charge is 0.326 e.